The van der Waals surface area contributed by atoms with E-state index in [1.165, 1.54) is 11.8 Å². The van der Waals surface area contributed by atoms with Gasteiger partial charge in [-0.1, -0.05) is 12.1 Å². The fourth-order valence-corrected chi connectivity index (χ4v) is 3.46. The van der Waals surface area contributed by atoms with Gasteiger partial charge in [-0.25, -0.2) is 0 Å². The van der Waals surface area contributed by atoms with Gasteiger partial charge in [-0.15, -0.1) is 29.7 Å². The Morgan fingerprint density at radius 3 is 3.17 bits per heavy atom. The molecule has 2 heterocycles. The summed E-state index contributed by atoms with van der Waals surface area (Å²) in [4.78, 5) is 12.8. The van der Waals surface area contributed by atoms with E-state index in [0.717, 1.165) is 4.88 Å². The average molecular weight is 276 g/mol. The Morgan fingerprint density at radius 1 is 1.72 bits per heavy atom. The Balaban J connectivity index is 2.36. The zero-order valence-electron chi connectivity index (χ0n) is 9.68. The van der Waals surface area contributed by atoms with Crippen molar-refractivity contribution in [2.45, 2.75) is 12.3 Å². The fraction of sp³-hybridized carbons (Fsp3) is 0.231. The maximum Gasteiger partial charge on any atom is 0.225 e. The maximum atomic E-state index is 11.7. The molecule has 5 heteroatoms. The van der Waals surface area contributed by atoms with Crippen LogP contribution in [0.3, 0.4) is 0 Å². The number of nitrogens with one attached hydrogen (secondary N) is 1. The van der Waals surface area contributed by atoms with Gasteiger partial charge in [-0.2, -0.15) is 5.26 Å². The molecule has 1 aromatic rings. The predicted molar refractivity (Wildman–Crippen MR) is 75.1 cm³/mol. The number of thioether (sulfide) groups is 1. The quantitative estimate of drug-likeness (QED) is 0.860. The highest BCUT2D eigenvalue weighted by Gasteiger charge is 2.29. The molecule has 18 heavy (non-hydrogen) atoms. The van der Waals surface area contributed by atoms with Crippen molar-refractivity contribution in [1.29, 1.82) is 5.26 Å². The van der Waals surface area contributed by atoms with Crippen molar-refractivity contribution in [3.8, 4) is 6.07 Å². The summed E-state index contributed by atoms with van der Waals surface area (Å²) < 4.78 is 0. The van der Waals surface area contributed by atoms with Crippen molar-refractivity contribution in [2.75, 3.05) is 5.75 Å². The van der Waals surface area contributed by atoms with Gasteiger partial charge in [0, 0.05) is 23.0 Å². The Morgan fingerprint density at radius 2 is 2.56 bits per heavy atom. The van der Waals surface area contributed by atoms with Crippen molar-refractivity contribution in [3.05, 3.63) is 45.6 Å². The summed E-state index contributed by atoms with van der Waals surface area (Å²) in [6, 6.07) is 6.15. The van der Waals surface area contributed by atoms with Crippen LogP contribution in [-0.4, -0.2) is 11.7 Å². The fourth-order valence-electron chi connectivity index (χ4n) is 1.81. The molecule has 0 aromatic carbocycles. The van der Waals surface area contributed by atoms with Crippen LogP contribution in [0.4, 0.5) is 0 Å². The number of carbonyl (C=O) groups excluding carboxylic acids is 1. The Hall–Kier alpha value is -1.51. The van der Waals surface area contributed by atoms with Gasteiger partial charge in [0.2, 0.25) is 5.91 Å². The third-order valence-corrected chi connectivity index (χ3v) is 4.59. The van der Waals surface area contributed by atoms with E-state index in [-0.39, 0.29) is 11.8 Å². The summed E-state index contributed by atoms with van der Waals surface area (Å²) in [5.41, 5.74) is 0.656. The SMILES string of the molecule is C=CCSC1=C(C#N)[C@@H](c2cccs2)CC(=O)N1. The minimum Gasteiger partial charge on any atom is -0.320 e. The van der Waals surface area contributed by atoms with Gasteiger partial charge in [-0.05, 0) is 11.4 Å². The summed E-state index contributed by atoms with van der Waals surface area (Å²) in [5, 5.41) is 14.7. The Kier molecular flexibility index (Phi) is 4.24. The smallest absolute Gasteiger partial charge is 0.225 e. The molecule has 0 spiro atoms. The van der Waals surface area contributed by atoms with E-state index in [1.54, 1.807) is 17.4 Å². The number of nitriles is 1. The minimum absolute atomic E-state index is 0.0287. The van der Waals surface area contributed by atoms with Crippen molar-refractivity contribution < 1.29 is 4.79 Å². The van der Waals surface area contributed by atoms with Gasteiger partial charge in [0.05, 0.1) is 16.7 Å². The molecule has 3 nitrogen and oxygen atoms in total. The number of hydrogen-bond donors (Lipinski definition) is 1. The van der Waals surface area contributed by atoms with E-state index >= 15 is 0 Å². The van der Waals surface area contributed by atoms with E-state index < -0.39 is 0 Å². The van der Waals surface area contributed by atoms with Crippen molar-refractivity contribution in [2.24, 2.45) is 0 Å². The lowest BCUT2D eigenvalue weighted by Gasteiger charge is -2.23. The molecule has 0 saturated heterocycles. The summed E-state index contributed by atoms with van der Waals surface area (Å²) in [6.07, 6.45) is 2.11. The molecule has 1 aliphatic heterocycles. The highest BCUT2D eigenvalue weighted by molar-refractivity contribution is 8.03. The standard InChI is InChI=1S/C13H12N2OS2/c1-2-5-18-13-10(8-14)9(7-12(16)15-13)11-4-3-6-17-11/h2-4,6,9H,1,5,7H2,(H,15,16)/t9-/m0/s1. The second kappa shape index (κ2) is 5.89. The van der Waals surface area contributed by atoms with Crippen molar-refractivity contribution in [1.82, 2.24) is 5.32 Å². The number of amides is 1. The third-order valence-electron chi connectivity index (χ3n) is 2.59. The molecule has 1 atom stereocenters. The zero-order chi connectivity index (χ0) is 13.0. The number of hydrogen-bond acceptors (Lipinski definition) is 4. The molecule has 0 bridgehead atoms. The summed E-state index contributed by atoms with van der Waals surface area (Å²) in [7, 11) is 0. The second-order valence-electron chi connectivity index (χ2n) is 3.77. The van der Waals surface area contributed by atoms with Crippen molar-refractivity contribution in [3.63, 3.8) is 0 Å². The monoisotopic (exact) mass is 276 g/mol. The van der Waals surface area contributed by atoms with Crippen LogP contribution < -0.4 is 5.32 Å². The number of carbonyl (C=O) groups is 1. The van der Waals surface area contributed by atoms with Crippen LogP contribution >= 0.6 is 23.1 Å². The molecule has 1 aliphatic rings. The van der Waals surface area contributed by atoms with Crippen LogP contribution in [0.2, 0.25) is 0 Å². The lowest BCUT2D eigenvalue weighted by molar-refractivity contribution is -0.120. The maximum absolute atomic E-state index is 11.7. The molecule has 2 rings (SSSR count). The largest absolute Gasteiger partial charge is 0.320 e. The van der Waals surface area contributed by atoms with Gasteiger partial charge in [0.25, 0.3) is 0 Å². The highest BCUT2D eigenvalue weighted by Crippen LogP contribution is 2.37. The van der Waals surface area contributed by atoms with Gasteiger partial charge in [0.15, 0.2) is 0 Å². The van der Waals surface area contributed by atoms with Crippen LogP contribution in [0.15, 0.2) is 40.8 Å². The average Bonchev–Trinajstić information content (AvgIpc) is 2.89. The normalized spacial score (nSPS) is 19.3. The van der Waals surface area contributed by atoms with Gasteiger partial charge < -0.3 is 5.32 Å². The first kappa shape index (κ1) is 12.9. The van der Waals surface area contributed by atoms with E-state index in [9.17, 15) is 10.1 Å². The van der Waals surface area contributed by atoms with Gasteiger partial charge in [-0.3, -0.25) is 4.79 Å². The predicted octanol–water partition coefficient (Wildman–Crippen LogP) is 3.01. The first-order valence-corrected chi connectivity index (χ1v) is 7.34. The van der Waals surface area contributed by atoms with Crippen LogP contribution in [-0.2, 0) is 4.79 Å². The molecular weight excluding hydrogens is 264 g/mol. The third kappa shape index (κ3) is 2.66. The molecule has 92 valence electrons. The van der Waals surface area contributed by atoms with Crippen LogP contribution in [0.5, 0.6) is 0 Å². The zero-order valence-corrected chi connectivity index (χ0v) is 11.3. The lowest BCUT2D eigenvalue weighted by atomic mass is 9.93. The summed E-state index contributed by atoms with van der Waals surface area (Å²) in [5.74, 6) is 0.549. The summed E-state index contributed by atoms with van der Waals surface area (Å²) in [6.45, 7) is 3.65. The van der Waals surface area contributed by atoms with E-state index in [4.69, 9.17) is 0 Å². The minimum atomic E-state index is -0.101. The van der Waals surface area contributed by atoms with Crippen molar-refractivity contribution >= 4 is 29.0 Å². The molecule has 1 amide bonds. The van der Waals surface area contributed by atoms with E-state index in [0.29, 0.717) is 22.8 Å². The Bertz CT molecular complexity index is 526. The number of thiophene rings is 1. The topological polar surface area (TPSA) is 52.9 Å². The number of nitrogens with zero attached hydrogens (tertiary/aromatic N) is 1. The molecule has 0 saturated carbocycles. The van der Waals surface area contributed by atoms with Gasteiger partial charge >= 0.3 is 0 Å². The van der Waals surface area contributed by atoms with Crippen LogP contribution in [0.1, 0.15) is 17.2 Å². The van der Waals surface area contributed by atoms with Crippen LogP contribution in [0.25, 0.3) is 0 Å². The molecular formula is C13H12N2OS2. The summed E-state index contributed by atoms with van der Waals surface area (Å²) >= 11 is 3.03. The van der Waals surface area contributed by atoms with Gasteiger partial charge in [0.1, 0.15) is 0 Å². The number of rotatable bonds is 4. The van der Waals surface area contributed by atoms with E-state index in [2.05, 4.69) is 18.0 Å². The first-order chi connectivity index (χ1) is 8.76. The molecule has 1 aromatic heterocycles. The molecule has 0 radical (unpaired) electrons. The van der Waals surface area contributed by atoms with E-state index in [1.807, 2.05) is 17.5 Å². The van der Waals surface area contributed by atoms with Crippen LogP contribution in [0, 0.1) is 11.3 Å². The second-order valence-corrected chi connectivity index (χ2v) is 5.78. The molecule has 1 N–H and O–H groups in total. The Labute approximate surface area is 114 Å². The molecule has 0 unspecified atom stereocenters. The lowest BCUT2D eigenvalue weighted by Crippen LogP contribution is -2.30. The molecule has 0 fully saturated rings. The highest BCUT2D eigenvalue weighted by atomic mass is 32.2. The molecule has 0 aliphatic carbocycles. The number of allylic oxidation sites excluding steroid dienone is 1. The first-order valence-electron chi connectivity index (χ1n) is 5.47.